The van der Waals surface area contributed by atoms with Crippen molar-refractivity contribution in [3.05, 3.63) is 83.6 Å². The van der Waals surface area contributed by atoms with Crippen molar-refractivity contribution in [1.29, 1.82) is 0 Å². The second-order valence-electron chi connectivity index (χ2n) is 12.5. The molecule has 1 saturated heterocycles. The van der Waals surface area contributed by atoms with Crippen molar-refractivity contribution in [2.75, 3.05) is 0 Å². The molecular formula is C33H40N2O2. The van der Waals surface area contributed by atoms with Gasteiger partial charge in [0.15, 0.2) is 0 Å². The average Bonchev–Trinajstić information content (AvgIpc) is 3.27. The fourth-order valence-corrected chi connectivity index (χ4v) is 8.64. The Kier molecular flexibility index (Phi) is 6.25. The molecule has 2 saturated carbocycles. The molecule has 2 amide bonds. The van der Waals surface area contributed by atoms with Gasteiger partial charge in [-0.15, -0.1) is 0 Å². The first-order valence-corrected chi connectivity index (χ1v) is 14.3. The molecule has 2 aromatic carbocycles. The van der Waals surface area contributed by atoms with Crippen LogP contribution in [0.25, 0.3) is 0 Å². The molecule has 1 heterocycles. The number of piperidine rings is 1. The Bertz CT molecular complexity index is 1150. The second kappa shape index (κ2) is 9.45. The molecule has 194 valence electrons. The second-order valence-corrected chi connectivity index (χ2v) is 12.5. The molecule has 0 spiro atoms. The molecule has 3 fully saturated rings. The van der Waals surface area contributed by atoms with Crippen molar-refractivity contribution in [1.82, 2.24) is 10.2 Å². The Morgan fingerprint density at radius 1 is 0.892 bits per heavy atom. The lowest BCUT2D eigenvalue weighted by molar-refractivity contribution is -0.144. The van der Waals surface area contributed by atoms with E-state index in [0.717, 1.165) is 38.5 Å². The molecule has 0 bridgehead atoms. The minimum absolute atomic E-state index is 0.0451. The molecule has 3 aliphatic carbocycles. The Balaban J connectivity index is 1.26. The van der Waals surface area contributed by atoms with E-state index in [1.807, 2.05) is 12.1 Å². The minimum atomic E-state index is 0.0451. The lowest BCUT2D eigenvalue weighted by Gasteiger charge is -2.57. The summed E-state index contributed by atoms with van der Waals surface area (Å²) in [6, 6.07) is 20.8. The third-order valence-corrected chi connectivity index (χ3v) is 10.7. The summed E-state index contributed by atoms with van der Waals surface area (Å²) < 4.78 is 0. The van der Waals surface area contributed by atoms with Gasteiger partial charge in [0.25, 0.3) is 0 Å². The molecule has 0 aromatic heterocycles. The van der Waals surface area contributed by atoms with Gasteiger partial charge in [0.05, 0.1) is 0 Å². The van der Waals surface area contributed by atoms with E-state index < -0.39 is 0 Å². The number of carbonyl (C=O) groups excluding carboxylic acids is 2. The molecule has 4 nitrogen and oxygen atoms in total. The number of hydrogen-bond donors (Lipinski definition) is 1. The van der Waals surface area contributed by atoms with Crippen LogP contribution in [0, 0.1) is 34.5 Å². The van der Waals surface area contributed by atoms with Crippen molar-refractivity contribution in [3.63, 3.8) is 0 Å². The maximum Gasteiger partial charge on any atom is 0.226 e. The lowest BCUT2D eigenvalue weighted by Crippen LogP contribution is -2.54. The average molecular weight is 497 g/mol. The number of allylic oxidation sites excluding steroid dienone is 2. The quantitative estimate of drug-likeness (QED) is 0.515. The van der Waals surface area contributed by atoms with Crippen molar-refractivity contribution in [2.45, 2.75) is 71.9 Å². The first-order chi connectivity index (χ1) is 17.9. The smallest absolute Gasteiger partial charge is 0.226 e. The van der Waals surface area contributed by atoms with Gasteiger partial charge in [0, 0.05) is 36.5 Å². The van der Waals surface area contributed by atoms with Crippen LogP contribution in [0.2, 0.25) is 0 Å². The van der Waals surface area contributed by atoms with Gasteiger partial charge >= 0.3 is 0 Å². The molecule has 2 aromatic rings. The SMILES string of the molecule is C[C@]12CC[C@H]3[C@@H](CC=C4NC(=O)CC[C@@]43C)[C@@H]1CC[C@@H]2C(=O)N(Cc1ccccc1)Cc1ccccc1. The van der Waals surface area contributed by atoms with Crippen molar-refractivity contribution in [2.24, 2.45) is 34.5 Å². The van der Waals surface area contributed by atoms with E-state index in [4.69, 9.17) is 0 Å². The maximum absolute atomic E-state index is 14.4. The van der Waals surface area contributed by atoms with E-state index in [1.54, 1.807) is 0 Å². The standard InChI is InChI=1S/C33H40N2O2/c1-32-19-17-27-25(13-16-29-33(27,2)20-18-30(36)34-29)26(32)14-15-28(32)31(37)35(21-23-9-5-3-6-10-23)22-24-11-7-4-8-12-24/h3-12,16,25-28H,13-15,17-22H2,1-2H3,(H,34,36)/t25-,26-,27-,28+,32-,33+/m0/s1. The first kappa shape index (κ1) is 24.5. The van der Waals surface area contributed by atoms with Gasteiger partial charge in [-0.3, -0.25) is 9.59 Å². The Morgan fingerprint density at radius 2 is 1.54 bits per heavy atom. The number of nitrogens with one attached hydrogen (secondary N) is 1. The number of fused-ring (bicyclic) bond motifs is 5. The topological polar surface area (TPSA) is 49.4 Å². The van der Waals surface area contributed by atoms with E-state index in [1.165, 1.54) is 16.8 Å². The molecule has 6 rings (SSSR count). The van der Waals surface area contributed by atoms with Crippen LogP contribution in [0.3, 0.4) is 0 Å². The van der Waals surface area contributed by atoms with Crippen LogP contribution in [-0.2, 0) is 22.7 Å². The van der Waals surface area contributed by atoms with Gasteiger partial charge in [0.1, 0.15) is 0 Å². The highest BCUT2D eigenvalue weighted by Gasteiger charge is 2.60. The zero-order valence-corrected chi connectivity index (χ0v) is 22.3. The van der Waals surface area contributed by atoms with E-state index in [-0.39, 0.29) is 22.7 Å². The summed E-state index contributed by atoms with van der Waals surface area (Å²) in [5.41, 5.74) is 3.67. The Morgan fingerprint density at radius 3 is 2.19 bits per heavy atom. The highest BCUT2D eigenvalue weighted by atomic mass is 16.2. The van der Waals surface area contributed by atoms with Crippen LogP contribution < -0.4 is 5.32 Å². The molecule has 0 unspecified atom stereocenters. The molecule has 37 heavy (non-hydrogen) atoms. The molecule has 4 aliphatic rings. The Hall–Kier alpha value is -2.88. The summed E-state index contributed by atoms with van der Waals surface area (Å²) in [6.45, 7) is 6.12. The van der Waals surface area contributed by atoms with Gasteiger partial charge in [-0.05, 0) is 72.8 Å². The zero-order chi connectivity index (χ0) is 25.6. The number of benzene rings is 2. The van der Waals surface area contributed by atoms with Crippen LogP contribution in [0.15, 0.2) is 72.4 Å². The Labute approximate surface area is 221 Å². The van der Waals surface area contributed by atoms with E-state index >= 15 is 0 Å². The van der Waals surface area contributed by atoms with Crippen LogP contribution in [0.5, 0.6) is 0 Å². The zero-order valence-electron chi connectivity index (χ0n) is 22.3. The largest absolute Gasteiger partial charge is 0.334 e. The lowest BCUT2D eigenvalue weighted by atomic mass is 9.49. The fourth-order valence-electron chi connectivity index (χ4n) is 8.64. The van der Waals surface area contributed by atoms with Gasteiger partial charge < -0.3 is 10.2 Å². The highest BCUT2D eigenvalue weighted by molar-refractivity contribution is 5.80. The fraction of sp³-hybridized carbons (Fsp3) is 0.515. The maximum atomic E-state index is 14.4. The van der Waals surface area contributed by atoms with Gasteiger partial charge in [-0.2, -0.15) is 0 Å². The summed E-state index contributed by atoms with van der Waals surface area (Å²) in [4.78, 5) is 28.6. The van der Waals surface area contributed by atoms with E-state index in [9.17, 15) is 9.59 Å². The third kappa shape index (κ3) is 4.23. The van der Waals surface area contributed by atoms with Crippen LogP contribution in [-0.4, -0.2) is 16.7 Å². The predicted molar refractivity (Wildman–Crippen MR) is 146 cm³/mol. The molecular weight excluding hydrogens is 456 g/mol. The van der Waals surface area contributed by atoms with E-state index in [0.29, 0.717) is 43.2 Å². The van der Waals surface area contributed by atoms with Gasteiger partial charge in [-0.1, -0.05) is 80.6 Å². The van der Waals surface area contributed by atoms with Gasteiger partial charge in [0.2, 0.25) is 11.8 Å². The van der Waals surface area contributed by atoms with Crippen LogP contribution in [0.1, 0.15) is 69.9 Å². The van der Waals surface area contributed by atoms with Crippen LogP contribution >= 0.6 is 0 Å². The van der Waals surface area contributed by atoms with Crippen molar-refractivity contribution in [3.8, 4) is 0 Å². The predicted octanol–water partition coefficient (Wildman–Crippen LogP) is 6.48. The summed E-state index contributed by atoms with van der Waals surface area (Å²) in [6.07, 6.45) is 9.36. The van der Waals surface area contributed by atoms with Crippen molar-refractivity contribution >= 4 is 11.8 Å². The number of amides is 2. The van der Waals surface area contributed by atoms with Crippen molar-refractivity contribution < 1.29 is 9.59 Å². The minimum Gasteiger partial charge on any atom is -0.334 e. The van der Waals surface area contributed by atoms with E-state index in [2.05, 4.69) is 78.7 Å². The first-order valence-electron chi connectivity index (χ1n) is 14.3. The number of carbonyl (C=O) groups is 2. The highest BCUT2D eigenvalue weighted by Crippen LogP contribution is 2.65. The molecule has 1 N–H and O–H groups in total. The molecule has 6 atom stereocenters. The molecule has 4 heteroatoms. The third-order valence-electron chi connectivity index (χ3n) is 10.7. The number of hydrogen-bond acceptors (Lipinski definition) is 2. The monoisotopic (exact) mass is 496 g/mol. The van der Waals surface area contributed by atoms with Crippen LogP contribution in [0.4, 0.5) is 0 Å². The summed E-state index contributed by atoms with van der Waals surface area (Å²) in [5, 5.41) is 3.21. The summed E-state index contributed by atoms with van der Waals surface area (Å²) in [5.74, 6) is 2.37. The summed E-state index contributed by atoms with van der Waals surface area (Å²) >= 11 is 0. The molecule has 0 radical (unpaired) electrons. The van der Waals surface area contributed by atoms with Gasteiger partial charge in [-0.25, -0.2) is 0 Å². The summed E-state index contributed by atoms with van der Waals surface area (Å²) in [7, 11) is 0. The number of rotatable bonds is 5. The number of nitrogens with zero attached hydrogens (tertiary/aromatic N) is 1. The normalized spacial score (nSPS) is 34.4. The molecule has 1 aliphatic heterocycles.